The number of carbonyl (C=O) groups is 2. The van der Waals surface area contributed by atoms with Gasteiger partial charge in [-0.15, -0.1) is 0 Å². The third-order valence-corrected chi connectivity index (χ3v) is 2.15. The maximum absolute atomic E-state index is 11.5. The Hall–Kier alpha value is -2.10. The minimum atomic E-state index is -0.485. The lowest BCUT2D eigenvalue weighted by molar-refractivity contribution is -0.124. The summed E-state index contributed by atoms with van der Waals surface area (Å²) in [7, 11) is 1.37. The fraction of sp³-hybridized carbons (Fsp3) is 0.0909. The molecule has 0 saturated heterocycles. The highest BCUT2D eigenvalue weighted by molar-refractivity contribution is 6.35. The molecule has 1 aromatic carbocycles. The number of nitrogens with one attached hydrogen (secondary N) is 1. The van der Waals surface area contributed by atoms with Gasteiger partial charge < -0.3 is 4.74 Å². The van der Waals surface area contributed by atoms with Gasteiger partial charge in [-0.25, -0.2) is 0 Å². The van der Waals surface area contributed by atoms with Gasteiger partial charge in [-0.2, -0.15) is 0 Å². The van der Waals surface area contributed by atoms with Gasteiger partial charge in [-0.1, -0.05) is 30.3 Å². The molecular formula is C11H9NO3. The molecule has 0 aromatic heterocycles. The van der Waals surface area contributed by atoms with Crippen LogP contribution in [0.2, 0.25) is 0 Å². The van der Waals surface area contributed by atoms with E-state index in [4.69, 9.17) is 4.74 Å². The van der Waals surface area contributed by atoms with Crippen molar-refractivity contribution < 1.29 is 14.3 Å². The Bertz CT molecular complexity index is 448. The van der Waals surface area contributed by atoms with Crippen molar-refractivity contribution in [3.63, 3.8) is 0 Å². The molecular weight excluding hydrogens is 194 g/mol. The van der Waals surface area contributed by atoms with Gasteiger partial charge in [0, 0.05) is 0 Å². The number of benzene rings is 1. The lowest BCUT2D eigenvalue weighted by atomic mass is 10.1. The summed E-state index contributed by atoms with van der Waals surface area (Å²) in [4.78, 5) is 22.8. The van der Waals surface area contributed by atoms with Crippen LogP contribution in [-0.4, -0.2) is 18.9 Å². The standard InChI is InChI=1S/C11H9NO3/c1-15-9-8(10(13)12-11(9)14)7-5-3-2-4-6-7/h2-6H,1H3,(H,12,13,14). The van der Waals surface area contributed by atoms with Crippen LogP contribution in [0, 0.1) is 0 Å². The summed E-state index contributed by atoms with van der Waals surface area (Å²) < 4.78 is 4.91. The molecule has 0 spiro atoms. The van der Waals surface area contributed by atoms with E-state index in [1.165, 1.54) is 7.11 Å². The number of hydrogen-bond acceptors (Lipinski definition) is 3. The molecule has 1 aliphatic rings. The Balaban J connectivity index is 2.55. The first kappa shape index (κ1) is 9.45. The maximum Gasteiger partial charge on any atom is 0.294 e. The second kappa shape index (κ2) is 3.57. The quantitative estimate of drug-likeness (QED) is 0.720. The predicted molar refractivity (Wildman–Crippen MR) is 53.5 cm³/mol. The smallest absolute Gasteiger partial charge is 0.294 e. The molecule has 0 bridgehead atoms. The topological polar surface area (TPSA) is 55.4 Å². The summed E-state index contributed by atoms with van der Waals surface area (Å²) in [6, 6.07) is 8.95. The van der Waals surface area contributed by atoms with E-state index < -0.39 is 11.8 Å². The molecule has 76 valence electrons. The van der Waals surface area contributed by atoms with E-state index in [9.17, 15) is 9.59 Å². The van der Waals surface area contributed by atoms with Crippen LogP contribution in [0.5, 0.6) is 0 Å². The summed E-state index contributed by atoms with van der Waals surface area (Å²) in [5.41, 5.74) is 0.973. The second-order valence-electron chi connectivity index (χ2n) is 3.06. The SMILES string of the molecule is COC1=C(c2ccccc2)C(=O)NC1=O. The summed E-state index contributed by atoms with van der Waals surface area (Å²) in [6.07, 6.45) is 0. The molecule has 0 atom stereocenters. The molecule has 15 heavy (non-hydrogen) atoms. The van der Waals surface area contributed by atoms with Gasteiger partial charge in [0.25, 0.3) is 11.8 Å². The number of ether oxygens (including phenoxy) is 1. The van der Waals surface area contributed by atoms with Crippen LogP contribution in [-0.2, 0) is 14.3 Å². The van der Waals surface area contributed by atoms with Gasteiger partial charge in [0.1, 0.15) is 0 Å². The van der Waals surface area contributed by atoms with Gasteiger partial charge in [-0.3, -0.25) is 14.9 Å². The number of methoxy groups -OCH3 is 1. The molecule has 4 nitrogen and oxygen atoms in total. The van der Waals surface area contributed by atoms with E-state index in [0.717, 1.165) is 0 Å². The zero-order valence-electron chi connectivity index (χ0n) is 8.11. The van der Waals surface area contributed by atoms with Crippen molar-refractivity contribution in [2.45, 2.75) is 0 Å². The van der Waals surface area contributed by atoms with E-state index >= 15 is 0 Å². The average molecular weight is 203 g/mol. The van der Waals surface area contributed by atoms with Gasteiger partial charge in [0.2, 0.25) is 0 Å². The van der Waals surface area contributed by atoms with Crippen LogP contribution >= 0.6 is 0 Å². The summed E-state index contributed by atoms with van der Waals surface area (Å²) in [6.45, 7) is 0. The minimum Gasteiger partial charge on any atom is -0.490 e. The molecule has 4 heteroatoms. The lowest BCUT2D eigenvalue weighted by Gasteiger charge is -2.01. The molecule has 0 saturated carbocycles. The normalized spacial score (nSPS) is 15.5. The third-order valence-electron chi connectivity index (χ3n) is 2.15. The minimum absolute atomic E-state index is 0.0752. The second-order valence-corrected chi connectivity index (χ2v) is 3.06. The van der Waals surface area contributed by atoms with Crippen molar-refractivity contribution in [2.75, 3.05) is 7.11 Å². The van der Waals surface area contributed by atoms with Crippen molar-refractivity contribution >= 4 is 17.4 Å². The third kappa shape index (κ3) is 1.50. The Labute approximate surface area is 86.5 Å². The van der Waals surface area contributed by atoms with Crippen molar-refractivity contribution in [3.8, 4) is 0 Å². The highest BCUT2D eigenvalue weighted by Gasteiger charge is 2.31. The van der Waals surface area contributed by atoms with Gasteiger partial charge in [-0.05, 0) is 5.56 Å². The monoisotopic (exact) mass is 203 g/mol. The molecule has 0 aliphatic carbocycles. The molecule has 2 rings (SSSR count). The Morgan fingerprint density at radius 3 is 2.33 bits per heavy atom. The lowest BCUT2D eigenvalue weighted by Crippen LogP contribution is -2.23. The van der Waals surface area contributed by atoms with Crippen molar-refractivity contribution in [3.05, 3.63) is 41.7 Å². The van der Waals surface area contributed by atoms with E-state index in [2.05, 4.69) is 5.32 Å². The van der Waals surface area contributed by atoms with Gasteiger partial charge >= 0.3 is 0 Å². The number of carbonyl (C=O) groups excluding carboxylic acids is 2. The van der Waals surface area contributed by atoms with Crippen LogP contribution < -0.4 is 5.32 Å². The average Bonchev–Trinajstić information content (AvgIpc) is 2.54. The molecule has 1 N–H and O–H groups in total. The first-order chi connectivity index (χ1) is 7.24. The molecule has 0 fully saturated rings. The fourth-order valence-corrected chi connectivity index (χ4v) is 1.50. The van der Waals surface area contributed by atoms with Crippen LogP contribution in [0.25, 0.3) is 5.57 Å². The zero-order chi connectivity index (χ0) is 10.8. The molecule has 0 radical (unpaired) electrons. The number of imide groups is 1. The largest absolute Gasteiger partial charge is 0.490 e. The molecule has 1 aromatic rings. The number of rotatable bonds is 2. The van der Waals surface area contributed by atoms with Crippen molar-refractivity contribution in [1.29, 1.82) is 0 Å². The molecule has 1 aliphatic heterocycles. The first-order valence-corrected chi connectivity index (χ1v) is 4.43. The first-order valence-electron chi connectivity index (χ1n) is 4.43. The Morgan fingerprint density at radius 1 is 1.07 bits per heavy atom. The summed E-state index contributed by atoms with van der Waals surface area (Å²) >= 11 is 0. The fourth-order valence-electron chi connectivity index (χ4n) is 1.50. The number of amides is 2. The predicted octanol–water partition coefficient (Wildman–Crippen LogP) is 0.701. The van der Waals surface area contributed by atoms with Gasteiger partial charge in [0.15, 0.2) is 5.76 Å². The van der Waals surface area contributed by atoms with Crippen LogP contribution in [0.4, 0.5) is 0 Å². The van der Waals surface area contributed by atoms with Crippen molar-refractivity contribution in [1.82, 2.24) is 5.32 Å². The highest BCUT2D eigenvalue weighted by Crippen LogP contribution is 2.23. The van der Waals surface area contributed by atoms with E-state index in [-0.39, 0.29) is 5.76 Å². The Kier molecular flexibility index (Phi) is 2.25. The molecule has 0 unspecified atom stereocenters. The number of hydrogen-bond donors (Lipinski definition) is 1. The van der Waals surface area contributed by atoms with Crippen LogP contribution in [0.15, 0.2) is 36.1 Å². The van der Waals surface area contributed by atoms with E-state index in [1.807, 2.05) is 6.07 Å². The zero-order valence-corrected chi connectivity index (χ0v) is 8.11. The Morgan fingerprint density at radius 2 is 1.73 bits per heavy atom. The molecule has 1 heterocycles. The molecule has 2 amide bonds. The van der Waals surface area contributed by atoms with Crippen LogP contribution in [0.3, 0.4) is 0 Å². The maximum atomic E-state index is 11.5. The van der Waals surface area contributed by atoms with Crippen molar-refractivity contribution in [2.24, 2.45) is 0 Å². The van der Waals surface area contributed by atoms with E-state index in [0.29, 0.717) is 11.1 Å². The van der Waals surface area contributed by atoms with E-state index in [1.54, 1.807) is 24.3 Å². The van der Waals surface area contributed by atoms with Crippen LogP contribution in [0.1, 0.15) is 5.56 Å². The highest BCUT2D eigenvalue weighted by atomic mass is 16.5. The summed E-state index contributed by atoms with van der Waals surface area (Å²) in [5.74, 6) is -0.824. The van der Waals surface area contributed by atoms with Gasteiger partial charge in [0.05, 0.1) is 12.7 Å². The summed E-state index contributed by atoms with van der Waals surface area (Å²) in [5, 5.41) is 2.19.